The number of ether oxygens (including phenoxy) is 1. The Labute approximate surface area is 193 Å². The molecule has 5 rings (SSSR count). The molecule has 2 N–H and O–H groups in total. The number of urea groups is 1. The number of nitrogens with one attached hydrogen (secondary N) is 2. The second kappa shape index (κ2) is 7.98. The first-order valence-corrected chi connectivity index (χ1v) is 10.6. The fourth-order valence-corrected chi connectivity index (χ4v) is 4.36. The predicted octanol–water partition coefficient (Wildman–Crippen LogP) is 2.70. The van der Waals surface area contributed by atoms with Crippen LogP contribution in [0.3, 0.4) is 0 Å². The second-order valence-electron chi connectivity index (χ2n) is 8.39. The van der Waals surface area contributed by atoms with Crippen LogP contribution in [0, 0.1) is 19.7 Å². The molecule has 34 heavy (non-hydrogen) atoms. The molecule has 0 aliphatic carbocycles. The zero-order chi connectivity index (χ0) is 24.0. The third-order valence-electron chi connectivity index (χ3n) is 6.23. The number of imide groups is 1. The number of aromatic nitrogens is 1. The number of hydrogen-bond acceptors (Lipinski definition) is 6. The number of benzene rings is 2. The van der Waals surface area contributed by atoms with E-state index in [1.165, 1.54) is 29.2 Å². The molecule has 2 aromatic carbocycles. The van der Waals surface area contributed by atoms with Crippen LogP contribution in [0.1, 0.15) is 38.5 Å². The van der Waals surface area contributed by atoms with E-state index in [1.807, 2.05) is 13.8 Å². The smallest absolute Gasteiger partial charge is 0.322 e. The first-order chi connectivity index (χ1) is 16.3. The van der Waals surface area contributed by atoms with E-state index < -0.39 is 23.3 Å². The van der Waals surface area contributed by atoms with Gasteiger partial charge in [0.1, 0.15) is 23.9 Å². The molecule has 0 saturated carbocycles. The molecule has 9 nitrogen and oxygen atoms in total. The fraction of sp³-hybridized carbons (Fsp3) is 0.250. The molecule has 4 amide bonds. The van der Waals surface area contributed by atoms with E-state index in [1.54, 1.807) is 18.2 Å². The number of rotatable bonds is 6. The number of carbonyl (C=O) groups is 3. The van der Waals surface area contributed by atoms with Crippen molar-refractivity contribution in [1.29, 1.82) is 0 Å². The number of fused-ring (bicyclic) bond motifs is 1. The van der Waals surface area contributed by atoms with E-state index in [4.69, 9.17) is 9.26 Å². The Bertz CT molecular complexity index is 1300. The van der Waals surface area contributed by atoms with Crippen molar-refractivity contribution in [3.05, 3.63) is 82.0 Å². The molecule has 0 spiro atoms. The lowest BCUT2D eigenvalue weighted by molar-refractivity contribution is -0.124. The highest BCUT2D eigenvalue weighted by molar-refractivity contribution is 6.08. The number of amides is 4. The lowest BCUT2D eigenvalue weighted by atomic mass is 9.89. The van der Waals surface area contributed by atoms with Crippen LogP contribution in [-0.2, 0) is 23.5 Å². The average Bonchev–Trinajstić information content (AvgIpc) is 3.40. The maximum Gasteiger partial charge on any atom is 0.322 e. The summed E-state index contributed by atoms with van der Waals surface area (Å²) >= 11 is 0. The van der Waals surface area contributed by atoms with Gasteiger partial charge in [-0.2, -0.15) is 0 Å². The van der Waals surface area contributed by atoms with Crippen molar-refractivity contribution in [2.24, 2.45) is 0 Å². The molecular weight excluding hydrogens is 443 g/mol. The molecular formula is C24H21FN4O5. The Morgan fingerprint density at radius 2 is 1.91 bits per heavy atom. The quantitative estimate of drug-likeness (QED) is 0.543. The van der Waals surface area contributed by atoms with Crippen LogP contribution in [0.15, 0.2) is 47.0 Å². The largest absolute Gasteiger partial charge is 0.489 e. The second-order valence-corrected chi connectivity index (χ2v) is 8.39. The molecule has 3 aromatic rings. The summed E-state index contributed by atoms with van der Waals surface area (Å²) in [5.74, 6) is -0.0898. The van der Waals surface area contributed by atoms with Gasteiger partial charge in [-0.3, -0.25) is 14.9 Å². The Hall–Kier alpha value is -4.21. The highest BCUT2D eigenvalue weighted by Gasteiger charge is 2.50. The maximum atomic E-state index is 13.5. The lowest BCUT2D eigenvalue weighted by Gasteiger charge is -2.31. The van der Waals surface area contributed by atoms with Crippen LogP contribution in [0.5, 0.6) is 5.75 Å². The van der Waals surface area contributed by atoms with Crippen molar-refractivity contribution in [3.63, 3.8) is 0 Å². The summed E-state index contributed by atoms with van der Waals surface area (Å²) in [7, 11) is 0. The van der Waals surface area contributed by atoms with E-state index in [2.05, 4.69) is 15.8 Å². The van der Waals surface area contributed by atoms with Gasteiger partial charge < -0.3 is 19.5 Å². The summed E-state index contributed by atoms with van der Waals surface area (Å²) in [6, 6.07) is 9.76. The number of aryl methyl sites for hydroxylation is 2. The van der Waals surface area contributed by atoms with Gasteiger partial charge in [0.15, 0.2) is 5.54 Å². The molecule has 1 aromatic heterocycles. The van der Waals surface area contributed by atoms with Crippen molar-refractivity contribution in [3.8, 4) is 5.75 Å². The van der Waals surface area contributed by atoms with Gasteiger partial charge in [0.05, 0.1) is 17.8 Å². The minimum atomic E-state index is -1.52. The zero-order valence-electron chi connectivity index (χ0n) is 18.5. The molecule has 10 heteroatoms. The Kier molecular flexibility index (Phi) is 5.07. The summed E-state index contributed by atoms with van der Waals surface area (Å²) in [4.78, 5) is 39.4. The van der Waals surface area contributed by atoms with Gasteiger partial charge in [0, 0.05) is 12.1 Å². The van der Waals surface area contributed by atoms with Gasteiger partial charge in [0.25, 0.3) is 11.8 Å². The molecule has 2 aliphatic heterocycles. The summed E-state index contributed by atoms with van der Waals surface area (Å²) in [5.41, 5.74) is 1.70. The van der Waals surface area contributed by atoms with Crippen LogP contribution >= 0.6 is 0 Å². The van der Waals surface area contributed by atoms with Crippen LogP contribution in [-0.4, -0.2) is 34.4 Å². The van der Waals surface area contributed by atoms with Crippen molar-refractivity contribution < 1.29 is 28.0 Å². The average molecular weight is 464 g/mol. The molecule has 1 fully saturated rings. The van der Waals surface area contributed by atoms with Gasteiger partial charge in [-0.25, -0.2) is 9.18 Å². The monoisotopic (exact) mass is 464 g/mol. The van der Waals surface area contributed by atoms with Gasteiger partial charge in [0.2, 0.25) is 0 Å². The third kappa shape index (κ3) is 3.57. The Morgan fingerprint density at radius 1 is 1.15 bits per heavy atom. The standard InChI is InChI=1S/C24H21FN4O5/c1-13-20(14(2)34-28-13)11-33-18-7-8-19-15(9-18)10-29(21(19)30)12-24(22(31)26-23(32)27-24)16-3-5-17(25)6-4-16/h3-9H,10-12H2,1-2H3,(H2,26,27,31,32). The zero-order valence-corrected chi connectivity index (χ0v) is 18.5. The molecule has 3 heterocycles. The number of hydrogen-bond donors (Lipinski definition) is 2. The minimum absolute atomic E-state index is 0.112. The summed E-state index contributed by atoms with van der Waals surface area (Å²) in [6.45, 7) is 4.04. The van der Waals surface area contributed by atoms with Crippen molar-refractivity contribution in [2.75, 3.05) is 6.54 Å². The molecule has 174 valence electrons. The van der Waals surface area contributed by atoms with Crippen LogP contribution in [0.2, 0.25) is 0 Å². The maximum absolute atomic E-state index is 13.5. The Morgan fingerprint density at radius 3 is 2.56 bits per heavy atom. The Balaban J connectivity index is 1.37. The fourth-order valence-electron chi connectivity index (χ4n) is 4.36. The normalized spacial score (nSPS) is 19.3. The summed E-state index contributed by atoms with van der Waals surface area (Å²) in [5, 5.41) is 8.77. The van der Waals surface area contributed by atoms with E-state index in [0.29, 0.717) is 22.6 Å². The summed E-state index contributed by atoms with van der Waals surface area (Å²) < 4.78 is 24.5. The lowest BCUT2D eigenvalue weighted by Crippen LogP contribution is -2.52. The molecule has 1 saturated heterocycles. The van der Waals surface area contributed by atoms with Crippen molar-refractivity contribution in [2.45, 2.75) is 32.5 Å². The van der Waals surface area contributed by atoms with Gasteiger partial charge in [-0.05, 0) is 55.3 Å². The molecule has 0 bridgehead atoms. The van der Waals surface area contributed by atoms with E-state index in [-0.39, 0.29) is 25.6 Å². The number of nitrogens with zero attached hydrogens (tertiary/aromatic N) is 2. The topological polar surface area (TPSA) is 114 Å². The van der Waals surface area contributed by atoms with Gasteiger partial charge in [-0.1, -0.05) is 17.3 Å². The highest BCUT2D eigenvalue weighted by atomic mass is 19.1. The third-order valence-corrected chi connectivity index (χ3v) is 6.23. The van der Waals surface area contributed by atoms with Gasteiger partial charge in [-0.15, -0.1) is 0 Å². The predicted molar refractivity (Wildman–Crippen MR) is 116 cm³/mol. The molecule has 1 unspecified atom stereocenters. The van der Waals surface area contributed by atoms with E-state index in [9.17, 15) is 18.8 Å². The molecule has 0 radical (unpaired) electrons. The highest BCUT2D eigenvalue weighted by Crippen LogP contribution is 2.33. The number of carbonyl (C=O) groups excluding carboxylic acids is 3. The molecule has 2 aliphatic rings. The van der Waals surface area contributed by atoms with Crippen LogP contribution in [0.25, 0.3) is 0 Å². The van der Waals surface area contributed by atoms with Crippen LogP contribution < -0.4 is 15.4 Å². The SMILES string of the molecule is Cc1noc(C)c1COc1ccc2c(c1)CN(CC1(c3ccc(F)cc3)NC(=O)NC1=O)C2=O. The van der Waals surface area contributed by atoms with E-state index >= 15 is 0 Å². The minimum Gasteiger partial charge on any atom is -0.489 e. The van der Waals surface area contributed by atoms with Crippen molar-refractivity contribution in [1.82, 2.24) is 20.7 Å². The number of halogens is 1. The van der Waals surface area contributed by atoms with E-state index in [0.717, 1.165) is 16.8 Å². The first kappa shape index (κ1) is 21.6. The van der Waals surface area contributed by atoms with Crippen molar-refractivity contribution >= 4 is 17.8 Å². The van der Waals surface area contributed by atoms with Crippen LogP contribution in [0.4, 0.5) is 9.18 Å². The first-order valence-electron chi connectivity index (χ1n) is 10.6. The molecule has 1 atom stereocenters. The summed E-state index contributed by atoms with van der Waals surface area (Å²) in [6.07, 6.45) is 0. The van der Waals surface area contributed by atoms with Gasteiger partial charge >= 0.3 is 6.03 Å².